The molecule has 0 spiro atoms. The first-order valence-corrected chi connectivity index (χ1v) is 7.46. The first-order chi connectivity index (χ1) is 9.16. The third kappa shape index (κ3) is 2.69. The molecule has 1 saturated carbocycles. The van der Waals surface area contributed by atoms with E-state index in [2.05, 4.69) is 6.92 Å². The average Bonchev–Trinajstić information content (AvgIpc) is 2.95. The van der Waals surface area contributed by atoms with Crippen LogP contribution in [-0.2, 0) is 0 Å². The summed E-state index contributed by atoms with van der Waals surface area (Å²) >= 11 is 6.83. The number of methoxy groups -OCH3 is 2. The van der Waals surface area contributed by atoms with Crippen LogP contribution in [0, 0.1) is 5.41 Å². The van der Waals surface area contributed by atoms with Gasteiger partial charge in [0, 0.05) is 11.6 Å². The quantitative estimate of drug-likeness (QED) is 0.711. The van der Waals surface area contributed by atoms with Crippen molar-refractivity contribution in [1.82, 2.24) is 0 Å². The van der Waals surface area contributed by atoms with Gasteiger partial charge in [-0.1, -0.05) is 25.8 Å². The van der Waals surface area contributed by atoms with Crippen LogP contribution in [0.3, 0.4) is 0 Å². The number of halogens is 1. The van der Waals surface area contributed by atoms with E-state index >= 15 is 0 Å². The molecule has 2 nitrogen and oxygen atoms in total. The molecule has 2 rings (SSSR count). The zero-order valence-electron chi connectivity index (χ0n) is 12.0. The van der Waals surface area contributed by atoms with Gasteiger partial charge in [-0.2, -0.15) is 0 Å². The van der Waals surface area contributed by atoms with Crippen molar-refractivity contribution in [3.05, 3.63) is 23.8 Å². The Hall–Kier alpha value is -0.890. The minimum Gasteiger partial charge on any atom is -0.497 e. The van der Waals surface area contributed by atoms with Crippen molar-refractivity contribution < 1.29 is 9.47 Å². The molecule has 106 valence electrons. The smallest absolute Gasteiger partial charge is 0.127 e. The van der Waals surface area contributed by atoms with Crippen LogP contribution in [0.25, 0.3) is 0 Å². The van der Waals surface area contributed by atoms with E-state index in [0.29, 0.717) is 0 Å². The third-order valence-electron chi connectivity index (χ3n) is 4.55. The largest absolute Gasteiger partial charge is 0.497 e. The zero-order chi connectivity index (χ0) is 13.9. The second-order valence-electron chi connectivity index (χ2n) is 5.39. The fourth-order valence-electron chi connectivity index (χ4n) is 3.22. The van der Waals surface area contributed by atoms with Crippen LogP contribution in [0.1, 0.15) is 50.0 Å². The number of benzene rings is 1. The molecule has 0 aromatic heterocycles. The standard InChI is InChI=1S/C16H23ClO2/c1-4-16(9-5-6-10-16)15(17)13-8-7-12(18-2)11-14(13)19-3/h7-8,11,15H,4-6,9-10H2,1-3H3. The van der Waals surface area contributed by atoms with E-state index in [1.54, 1.807) is 14.2 Å². The van der Waals surface area contributed by atoms with Gasteiger partial charge in [-0.05, 0) is 30.7 Å². The van der Waals surface area contributed by atoms with Crippen molar-refractivity contribution in [2.45, 2.75) is 44.4 Å². The van der Waals surface area contributed by atoms with E-state index in [-0.39, 0.29) is 10.8 Å². The van der Waals surface area contributed by atoms with Crippen molar-refractivity contribution in [1.29, 1.82) is 0 Å². The van der Waals surface area contributed by atoms with Gasteiger partial charge in [0.25, 0.3) is 0 Å². The third-order valence-corrected chi connectivity index (χ3v) is 5.25. The van der Waals surface area contributed by atoms with Gasteiger partial charge in [-0.3, -0.25) is 0 Å². The van der Waals surface area contributed by atoms with E-state index < -0.39 is 0 Å². The molecule has 1 fully saturated rings. The molecule has 0 N–H and O–H groups in total. The second-order valence-corrected chi connectivity index (χ2v) is 5.83. The SMILES string of the molecule is CCC1(C(Cl)c2ccc(OC)cc2OC)CCCC1. The van der Waals surface area contributed by atoms with Gasteiger partial charge in [0.15, 0.2) is 0 Å². The van der Waals surface area contributed by atoms with Gasteiger partial charge in [-0.15, -0.1) is 11.6 Å². The Morgan fingerprint density at radius 3 is 2.42 bits per heavy atom. The summed E-state index contributed by atoms with van der Waals surface area (Å²) in [5.41, 5.74) is 1.32. The predicted octanol–water partition coefficient (Wildman–Crippen LogP) is 4.95. The molecule has 0 aliphatic heterocycles. The van der Waals surface area contributed by atoms with Gasteiger partial charge >= 0.3 is 0 Å². The molecular formula is C16H23ClO2. The van der Waals surface area contributed by atoms with Crippen molar-refractivity contribution in [3.63, 3.8) is 0 Å². The molecule has 3 heteroatoms. The van der Waals surface area contributed by atoms with E-state index in [9.17, 15) is 0 Å². The normalized spacial score (nSPS) is 19.2. The number of hydrogen-bond acceptors (Lipinski definition) is 2. The highest BCUT2D eigenvalue weighted by Crippen LogP contribution is 2.54. The molecule has 1 aliphatic rings. The second kappa shape index (κ2) is 6.04. The Kier molecular flexibility index (Phi) is 4.62. The fourth-order valence-corrected chi connectivity index (χ4v) is 3.78. The summed E-state index contributed by atoms with van der Waals surface area (Å²) in [6, 6.07) is 5.93. The highest BCUT2D eigenvalue weighted by atomic mass is 35.5. The van der Waals surface area contributed by atoms with Crippen LogP contribution in [0.2, 0.25) is 0 Å². The minimum absolute atomic E-state index is 0.0147. The zero-order valence-corrected chi connectivity index (χ0v) is 12.8. The summed E-state index contributed by atoms with van der Waals surface area (Å²) in [5, 5.41) is 0.0147. The van der Waals surface area contributed by atoms with Crippen LogP contribution in [-0.4, -0.2) is 14.2 Å². The number of hydrogen-bond donors (Lipinski definition) is 0. The van der Waals surface area contributed by atoms with E-state index in [0.717, 1.165) is 23.5 Å². The molecule has 19 heavy (non-hydrogen) atoms. The summed E-state index contributed by atoms with van der Waals surface area (Å²) < 4.78 is 10.7. The van der Waals surface area contributed by atoms with Crippen LogP contribution in [0.5, 0.6) is 11.5 Å². The van der Waals surface area contributed by atoms with Crippen LogP contribution in [0.4, 0.5) is 0 Å². The average molecular weight is 283 g/mol. The summed E-state index contributed by atoms with van der Waals surface area (Å²) in [5.74, 6) is 1.64. The summed E-state index contributed by atoms with van der Waals surface area (Å²) in [4.78, 5) is 0. The Balaban J connectivity index is 2.34. The highest BCUT2D eigenvalue weighted by Gasteiger charge is 2.40. The number of ether oxygens (including phenoxy) is 2. The fraction of sp³-hybridized carbons (Fsp3) is 0.625. The predicted molar refractivity (Wildman–Crippen MR) is 79.3 cm³/mol. The molecule has 0 amide bonds. The first kappa shape index (κ1) is 14.5. The Morgan fingerprint density at radius 1 is 1.21 bits per heavy atom. The highest BCUT2D eigenvalue weighted by molar-refractivity contribution is 6.21. The molecule has 0 saturated heterocycles. The van der Waals surface area contributed by atoms with Gasteiger partial charge in [0.1, 0.15) is 11.5 Å². The lowest BCUT2D eigenvalue weighted by Gasteiger charge is -2.33. The monoisotopic (exact) mass is 282 g/mol. The van der Waals surface area contributed by atoms with E-state index in [1.807, 2.05) is 18.2 Å². The lowest BCUT2D eigenvalue weighted by molar-refractivity contribution is 0.266. The molecule has 0 bridgehead atoms. The van der Waals surface area contributed by atoms with Crippen LogP contribution in [0.15, 0.2) is 18.2 Å². The molecular weight excluding hydrogens is 260 g/mol. The molecule has 1 aliphatic carbocycles. The van der Waals surface area contributed by atoms with Crippen LogP contribution < -0.4 is 9.47 Å². The maximum atomic E-state index is 6.83. The molecule has 0 heterocycles. The van der Waals surface area contributed by atoms with Crippen molar-refractivity contribution in [2.75, 3.05) is 14.2 Å². The lowest BCUT2D eigenvalue weighted by Crippen LogP contribution is -2.22. The summed E-state index contributed by atoms with van der Waals surface area (Å²) in [6.07, 6.45) is 6.13. The maximum Gasteiger partial charge on any atom is 0.127 e. The van der Waals surface area contributed by atoms with Gasteiger partial charge in [0.2, 0.25) is 0 Å². The summed E-state index contributed by atoms with van der Waals surface area (Å²) in [6.45, 7) is 2.25. The Labute approximate surface area is 121 Å². The van der Waals surface area contributed by atoms with Gasteiger partial charge in [-0.25, -0.2) is 0 Å². The first-order valence-electron chi connectivity index (χ1n) is 7.03. The van der Waals surface area contributed by atoms with Crippen LogP contribution >= 0.6 is 11.6 Å². The topological polar surface area (TPSA) is 18.5 Å². The molecule has 1 unspecified atom stereocenters. The van der Waals surface area contributed by atoms with E-state index in [1.165, 1.54) is 25.7 Å². The van der Waals surface area contributed by atoms with Gasteiger partial charge < -0.3 is 9.47 Å². The maximum absolute atomic E-state index is 6.83. The molecule has 0 radical (unpaired) electrons. The summed E-state index contributed by atoms with van der Waals surface area (Å²) in [7, 11) is 3.35. The lowest BCUT2D eigenvalue weighted by atomic mass is 9.77. The Bertz CT molecular complexity index is 425. The van der Waals surface area contributed by atoms with Crippen molar-refractivity contribution in [2.24, 2.45) is 5.41 Å². The molecule has 1 aromatic rings. The molecule has 1 atom stereocenters. The van der Waals surface area contributed by atoms with Crippen molar-refractivity contribution >= 4 is 11.6 Å². The Morgan fingerprint density at radius 2 is 1.89 bits per heavy atom. The number of alkyl halides is 1. The van der Waals surface area contributed by atoms with Crippen molar-refractivity contribution in [3.8, 4) is 11.5 Å². The number of rotatable bonds is 5. The van der Waals surface area contributed by atoms with Gasteiger partial charge in [0.05, 0.1) is 19.6 Å². The minimum atomic E-state index is 0.0147. The molecule has 1 aromatic carbocycles. The van der Waals surface area contributed by atoms with E-state index in [4.69, 9.17) is 21.1 Å².